The molecule has 1 aliphatic carbocycles. The summed E-state index contributed by atoms with van der Waals surface area (Å²) in [5, 5.41) is 2.67. The third-order valence-electron chi connectivity index (χ3n) is 4.34. The molecule has 2 aliphatic rings. The maximum Gasteiger partial charge on any atom is 0.416 e. The van der Waals surface area contributed by atoms with Crippen LogP contribution in [0.25, 0.3) is 0 Å². The number of nitrogens with zero attached hydrogens (tertiary/aromatic N) is 2. The van der Waals surface area contributed by atoms with Crippen LogP contribution in [0.4, 0.5) is 18.0 Å². The van der Waals surface area contributed by atoms with E-state index in [1.807, 2.05) is 0 Å². The number of urea groups is 1. The van der Waals surface area contributed by atoms with Gasteiger partial charge in [-0.2, -0.15) is 13.2 Å². The molecule has 8 heteroatoms. The molecule has 0 spiro atoms. The van der Waals surface area contributed by atoms with Gasteiger partial charge < -0.3 is 10.2 Å². The molecule has 1 N–H and O–H groups in total. The van der Waals surface area contributed by atoms with E-state index in [-0.39, 0.29) is 37.7 Å². The zero-order valence-corrected chi connectivity index (χ0v) is 13.2. The Balaban J connectivity index is 1.57. The predicted molar refractivity (Wildman–Crippen MR) is 79.9 cm³/mol. The molecule has 130 valence electrons. The lowest BCUT2D eigenvalue weighted by atomic mass is 10.0. The van der Waals surface area contributed by atoms with Crippen molar-refractivity contribution in [1.29, 1.82) is 0 Å². The number of aryl methyl sites for hydroxylation is 1. The van der Waals surface area contributed by atoms with E-state index in [0.29, 0.717) is 11.1 Å². The van der Waals surface area contributed by atoms with Crippen molar-refractivity contribution in [3.8, 4) is 0 Å². The average Bonchev–Trinajstić information content (AvgIpc) is 3.27. The van der Waals surface area contributed by atoms with Gasteiger partial charge in [0.05, 0.1) is 12.2 Å². The summed E-state index contributed by atoms with van der Waals surface area (Å²) in [6, 6.07) is 3.31. The molecular formula is C16H18F3N3O2. The van der Waals surface area contributed by atoms with Crippen LogP contribution in [0.5, 0.6) is 0 Å². The Hall–Kier alpha value is -2.25. The minimum absolute atomic E-state index is 0.0499. The minimum Gasteiger partial charge on any atom is -0.334 e. The lowest BCUT2D eigenvalue weighted by molar-refractivity contribution is -0.137. The van der Waals surface area contributed by atoms with Crippen LogP contribution >= 0.6 is 0 Å². The van der Waals surface area contributed by atoms with E-state index in [4.69, 9.17) is 0 Å². The van der Waals surface area contributed by atoms with E-state index in [1.54, 1.807) is 11.8 Å². The van der Waals surface area contributed by atoms with Crippen LogP contribution in [-0.2, 0) is 17.5 Å². The molecule has 3 rings (SSSR count). The second-order valence-corrected chi connectivity index (χ2v) is 6.23. The van der Waals surface area contributed by atoms with Crippen LogP contribution in [0.1, 0.15) is 29.5 Å². The molecule has 0 unspecified atom stereocenters. The SMILES string of the molecule is Cc1cc(C(F)(F)F)ccc1CNC(=O)N1CC(=O)N(C2CC2)C1. The highest BCUT2D eigenvalue weighted by Gasteiger charge is 2.39. The average molecular weight is 341 g/mol. The fraction of sp³-hybridized carbons (Fsp3) is 0.500. The van der Waals surface area contributed by atoms with Crippen LogP contribution in [-0.4, -0.2) is 41.0 Å². The molecule has 1 aromatic rings. The maximum atomic E-state index is 12.6. The van der Waals surface area contributed by atoms with Gasteiger partial charge in [-0.05, 0) is 43.0 Å². The number of hydrogen-bond acceptors (Lipinski definition) is 2. The minimum atomic E-state index is -4.38. The van der Waals surface area contributed by atoms with Gasteiger partial charge in [0.15, 0.2) is 0 Å². The van der Waals surface area contributed by atoms with E-state index in [0.717, 1.165) is 25.0 Å². The first-order valence-electron chi connectivity index (χ1n) is 7.74. The van der Waals surface area contributed by atoms with Gasteiger partial charge in [-0.1, -0.05) is 6.07 Å². The summed E-state index contributed by atoms with van der Waals surface area (Å²) in [7, 11) is 0. The van der Waals surface area contributed by atoms with Gasteiger partial charge in [0.1, 0.15) is 6.54 Å². The van der Waals surface area contributed by atoms with Gasteiger partial charge in [-0.3, -0.25) is 9.69 Å². The Bertz CT molecular complexity index is 671. The summed E-state index contributed by atoms with van der Waals surface area (Å²) in [5.41, 5.74) is 0.364. The van der Waals surface area contributed by atoms with E-state index >= 15 is 0 Å². The molecule has 0 bridgehead atoms. The van der Waals surface area contributed by atoms with E-state index in [2.05, 4.69) is 5.32 Å². The first-order valence-corrected chi connectivity index (χ1v) is 7.74. The van der Waals surface area contributed by atoms with Crippen molar-refractivity contribution in [3.63, 3.8) is 0 Å². The van der Waals surface area contributed by atoms with E-state index in [9.17, 15) is 22.8 Å². The van der Waals surface area contributed by atoms with Crippen LogP contribution in [0.2, 0.25) is 0 Å². The number of carbonyl (C=O) groups excluding carboxylic acids is 2. The Morgan fingerprint density at radius 3 is 2.62 bits per heavy atom. The summed E-state index contributed by atoms with van der Waals surface area (Å²) in [5.74, 6) is -0.0571. The smallest absolute Gasteiger partial charge is 0.334 e. The number of benzene rings is 1. The highest BCUT2D eigenvalue weighted by Crippen LogP contribution is 2.31. The molecule has 0 aromatic heterocycles. The van der Waals surface area contributed by atoms with Gasteiger partial charge in [-0.25, -0.2) is 4.79 Å². The lowest BCUT2D eigenvalue weighted by Crippen LogP contribution is -2.39. The fourth-order valence-corrected chi connectivity index (χ4v) is 2.76. The number of rotatable bonds is 3. The highest BCUT2D eigenvalue weighted by molar-refractivity contribution is 5.87. The monoisotopic (exact) mass is 341 g/mol. The van der Waals surface area contributed by atoms with Gasteiger partial charge >= 0.3 is 12.2 Å². The number of carbonyl (C=O) groups is 2. The molecule has 0 atom stereocenters. The van der Waals surface area contributed by atoms with Gasteiger partial charge in [-0.15, -0.1) is 0 Å². The fourth-order valence-electron chi connectivity index (χ4n) is 2.76. The van der Waals surface area contributed by atoms with Crippen LogP contribution in [0, 0.1) is 6.92 Å². The normalized spacial score (nSPS) is 18.2. The van der Waals surface area contributed by atoms with Gasteiger partial charge in [0.25, 0.3) is 0 Å². The van der Waals surface area contributed by atoms with Gasteiger partial charge in [0, 0.05) is 12.6 Å². The van der Waals surface area contributed by atoms with Crippen molar-refractivity contribution >= 4 is 11.9 Å². The summed E-state index contributed by atoms with van der Waals surface area (Å²) in [4.78, 5) is 27.1. The third-order valence-corrected chi connectivity index (χ3v) is 4.34. The zero-order valence-electron chi connectivity index (χ0n) is 13.2. The van der Waals surface area contributed by atoms with Crippen LogP contribution in [0.3, 0.4) is 0 Å². The molecular weight excluding hydrogens is 323 g/mol. The largest absolute Gasteiger partial charge is 0.416 e. The highest BCUT2D eigenvalue weighted by atomic mass is 19.4. The summed E-state index contributed by atoms with van der Waals surface area (Å²) < 4.78 is 37.9. The Labute approximate surface area is 137 Å². The van der Waals surface area contributed by atoms with Crippen LogP contribution < -0.4 is 5.32 Å². The second kappa shape index (κ2) is 5.99. The maximum absolute atomic E-state index is 12.6. The molecule has 0 radical (unpaired) electrons. The molecule has 3 amide bonds. The molecule has 1 heterocycles. The quantitative estimate of drug-likeness (QED) is 0.918. The Kier molecular flexibility index (Phi) is 4.15. The molecule has 1 aliphatic heterocycles. The molecule has 2 fully saturated rings. The molecule has 1 saturated heterocycles. The predicted octanol–water partition coefficient (Wildman–Crippen LogP) is 2.49. The molecule has 5 nitrogen and oxygen atoms in total. The number of halogens is 3. The van der Waals surface area contributed by atoms with E-state index in [1.165, 1.54) is 11.0 Å². The third kappa shape index (κ3) is 3.47. The second-order valence-electron chi connectivity index (χ2n) is 6.23. The Morgan fingerprint density at radius 1 is 1.33 bits per heavy atom. The van der Waals surface area contributed by atoms with Crippen molar-refractivity contribution in [2.75, 3.05) is 13.2 Å². The van der Waals surface area contributed by atoms with E-state index < -0.39 is 11.7 Å². The van der Waals surface area contributed by atoms with Crippen molar-refractivity contribution in [3.05, 3.63) is 34.9 Å². The number of alkyl halides is 3. The standard InChI is InChI=1S/C16H18F3N3O2/c1-10-6-12(16(17,18)19)3-2-11(10)7-20-15(24)21-8-14(23)22(9-21)13-4-5-13/h2-3,6,13H,4-5,7-9H2,1H3,(H,20,24). The lowest BCUT2D eigenvalue weighted by Gasteiger charge is -2.18. The molecule has 1 aromatic carbocycles. The zero-order chi connectivity index (χ0) is 17.5. The number of hydrogen-bond donors (Lipinski definition) is 1. The first kappa shape index (κ1) is 16.6. The van der Waals surface area contributed by atoms with Crippen molar-refractivity contribution in [2.45, 2.75) is 38.5 Å². The van der Waals surface area contributed by atoms with Crippen LogP contribution in [0.15, 0.2) is 18.2 Å². The van der Waals surface area contributed by atoms with Crippen molar-refractivity contribution in [1.82, 2.24) is 15.1 Å². The van der Waals surface area contributed by atoms with Crippen molar-refractivity contribution < 1.29 is 22.8 Å². The first-order chi connectivity index (χ1) is 11.3. The van der Waals surface area contributed by atoms with Gasteiger partial charge in [0.2, 0.25) is 5.91 Å². The number of nitrogens with one attached hydrogen (secondary N) is 1. The Morgan fingerprint density at radius 2 is 2.04 bits per heavy atom. The molecule has 24 heavy (non-hydrogen) atoms. The summed E-state index contributed by atoms with van der Waals surface area (Å²) in [6.45, 7) is 2.03. The van der Waals surface area contributed by atoms with Crippen molar-refractivity contribution in [2.24, 2.45) is 0 Å². The topological polar surface area (TPSA) is 52.7 Å². The summed E-state index contributed by atoms with van der Waals surface area (Å²) in [6.07, 6.45) is -2.42. The molecule has 1 saturated carbocycles. The summed E-state index contributed by atoms with van der Waals surface area (Å²) >= 11 is 0. The number of amides is 3.